The molecule has 1 amide bonds. The summed E-state index contributed by atoms with van der Waals surface area (Å²) in [6, 6.07) is 7.91. The van der Waals surface area contributed by atoms with Crippen LogP contribution in [0.2, 0.25) is 0 Å². The molecule has 1 aromatic carbocycles. The van der Waals surface area contributed by atoms with E-state index >= 15 is 0 Å². The van der Waals surface area contributed by atoms with Crippen molar-refractivity contribution in [1.29, 1.82) is 0 Å². The summed E-state index contributed by atoms with van der Waals surface area (Å²) in [6.45, 7) is 8.53. The highest BCUT2D eigenvalue weighted by Crippen LogP contribution is 2.32. The average molecular weight is 359 g/mol. The van der Waals surface area contributed by atoms with Gasteiger partial charge in [-0.1, -0.05) is 26.0 Å². The molecule has 0 atom stereocenters. The van der Waals surface area contributed by atoms with Crippen LogP contribution in [-0.4, -0.2) is 36.2 Å². The lowest BCUT2D eigenvalue weighted by Crippen LogP contribution is -2.28. The molecule has 0 radical (unpaired) electrons. The molecule has 1 aliphatic heterocycles. The van der Waals surface area contributed by atoms with Crippen molar-refractivity contribution in [2.24, 2.45) is 5.92 Å². The third-order valence-corrected chi connectivity index (χ3v) is 4.71. The second-order valence-electron chi connectivity index (χ2n) is 6.32. The maximum absolute atomic E-state index is 12.9. The van der Waals surface area contributed by atoms with Crippen LogP contribution >= 0.6 is 11.8 Å². The van der Waals surface area contributed by atoms with Gasteiger partial charge in [-0.15, -0.1) is 11.8 Å². The first-order valence-electron chi connectivity index (χ1n) is 8.45. The van der Waals surface area contributed by atoms with Gasteiger partial charge in [0.1, 0.15) is 0 Å². The summed E-state index contributed by atoms with van der Waals surface area (Å²) in [4.78, 5) is 28.2. The molecular formula is C20H25NO3S. The van der Waals surface area contributed by atoms with Crippen LogP contribution in [0.4, 0.5) is 0 Å². The molecule has 0 aromatic heterocycles. The molecule has 25 heavy (non-hydrogen) atoms. The van der Waals surface area contributed by atoms with E-state index in [1.54, 1.807) is 29.7 Å². The van der Waals surface area contributed by atoms with Crippen molar-refractivity contribution in [2.45, 2.75) is 32.6 Å². The van der Waals surface area contributed by atoms with Crippen molar-refractivity contribution in [3.05, 3.63) is 46.7 Å². The Bertz CT molecular complexity index is 717. The third-order valence-electron chi connectivity index (χ3n) is 3.97. The smallest absolute Gasteiger partial charge is 0.340 e. The fourth-order valence-corrected chi connectivity index (χ4v) is 3.19. The Kier molecular flexibility index (Phi) is 6.48. The number of nitrogens with zero attached hydrogens (tertiary/aromatic N) is 1. The number of thioether (sulfide) groups is 1. The van der Waals surface area contributed by atoms with E-state index in [2.05, 4.69) is 0 Å². The minimum Gasteiger partial charge on any atom is -0.462 e. The van der Waals surface area contributed by atoms with Gasteiger partial charge in [0.25, 0.3) is 5.91 Å². The molecule has 0 aliphatic carbocycles. The molecule has 0 saturated heterocycles. The molecule has 4 nitrogen and oxygen atoms in total. The Morgan fingerprint density at radius 2 is 1.92 bits per heavy atom. The van der Waals surface area contributed by atoms with Crippen molar-refractivity contribution in [1.82, 2.24) is 4.90 Å². The molecule has 1 aromatic rings. The number of esters is 1. The van der Waals surface area contributed by atoms with Gasteiger partial charge in [0, 0.05) is 17.1 Å². The van der Waals surface area contributed by atoms with E-state index in [-0.39, 0.29) is 12.5 Å². The van der Waals surface area contributed by atoms with Crippen LogP contribution in [0.25, 0.3) is 6.08 Å². The number of carbonyl (C=O) groups is 2. The van der Waals surface area contributed by atoms with Crippen LogP contribution in [0.1, 0.15) is 33.3 Å². The van der Waals surface area contributed by atoms with Gasteiger partial charge in [-0.25, -0.2) is 4.79 Å². The molecule has 0 fully saturated rings. The number of benzene rings is 1. The number of allylic oxidation sites excluding steroid dienone is 1. The molecule has 5 heteroatoms. The Hall–Kier alpha value is -2.01. The van der Waals surface area contributed by atoms with Crippen molar-refractivity contribution in [3.63, 3.8) is 0 Å². The highest BCUT2D eigenvalue weighted by atomic mass is 32.2. The Morgan fingerprint density at radius 3 is 2.44 bits per heavy atom. The Balaban J connectivity index is 2.46. The Labute approximate surface area is 153 Å². The topological polar surface area (TPSA) is 46.6 Å². The van der Waals surface area contributed by atoms with Crippen molar-refractivity contribution in [2.75, 3.05) is 19.4 Å². The van der Waals surface area contributed by atoms with E-state index < -0.39 is 5.97 Å². The van der Waals surface area contributed by atoms with Gasteiger partial charge in [-0.3, -0.25) is 4.79 Å². The lowest BCUT2D eigenvalue weighted by Gasteiger charge is -2.19. The summed E-state index contributed by atoms with van der Waals surface area (Å²) in [5, 5.41) is 0. The third kappa shape index (κ3) is 4.34. The summed E-state index contributed by atoms with van der Waals surface area (Å²) in [6.07, 6.45) is 3.80. The number of rotatable bonds is 6. The van der Waals surface area contributed by atoms with E-state index in [1.807, 2.05) is 51.3 Å². The average Bonchev–Trinajstić information content (AvgIpc) is 2.80. The molecule has 0 saturated carbocycles. The molecule has 2 rings (SSSR count). The molecule has 0 N–H and O–H groups in total. The van der Waals surface area contributed by atoms with Gasteiger partial charge in [-0.05, 0) is 49.8 Å². The van der Waals surface area contributed by atoms with E-state index in [4.69, 9.17) is 4.74 Å². The van der Waals surface area contributed by atoms with Crippen LogP contribution in [0.15, 0.2) is 46.0 Å². The lowest BCUT2D eigenvalue weighted by atomic mass is 10.0. The largest absolute Gasteiger partial charge is 0.462 e. The normalized spacial score (nSPS) is 16.3. The zero-order valence-electron chi connectivity index (χ0n) is 15.5. The Morgan fingerprint density at radius 1 is 1.28 bits per heavy atom. The predicted octanol–water partition coefficient (Wildman–Crippen LogP) is 4.13. The second kappa shape index (κ2) is 8.39. The van der Waals surface area contributed by atoms with Gasteiger partial charge < -0.3 is 9.64 Å². The van der Waals surface area contributed by atoms with Crippen LogP contribution in [0, 0.1) is 5.92 Å². The first kappa shape index (κ1) is 19.3. The van der Waals surface area contributed by atoms with Crippen molar-refractivity contribution in [3.8, 4) is 0 Å². The molecule has 134 valence electrons. The van der Waals surface area contributed by atoms with Crippen molar-refractivity contribution < 1.29 is 14.3 Å². The van der Waals surface area contributed by atoms with Crippen LogP contribution in [0.5, 0.6) is 0 Å². The molecule has 1 heterocycles. The minimum atomic E-state index is -0.438. The van der Waals surface area contributed by atoms with Gasteiger partial charge in [0.15, 0.2) is 0 Å². The standard InChI is InChI=1S/C20H25NO3S/c1-6-24-20(23)18-14(4)21(12-13(2)3)19(22)17(18)11-15-7-9-16(25-5)10-8-15/h7-11,13H,6,12H2,1-5H3. The summed E-state index contributed by atoms with van der Waals surface area (Å²) in [5.74, 6) is -0.266. The summed E-state index contributed by atoms with van der Waals surface area (Å²) in [5.41, 5.74) is 2.35. The maximum Gasteiger partial charge on any atom is 0.340 e. The van der Waals surface area contributed by atoms with Gasteiger partial charge >= 0.3 is 5.97 Å². The van der Waals surface area contributed by atoms with Crippen LogP contribution in [0.3, 0.4) is 0 Å². The number of hydrogen-bond donors (Lipinski definition) is 0. The van der Waals surface area contributed by atoms with Gasteiger partial charge in [0.2, 0.25) is 0 Å². The molecule has 1 aliphatic rings. The lowest BCUT2D eigenvalue weighted by molar-refractivity contribution is -0.138. The van der Waals surface area contributed by atoms with E-state index in [1.165, 1.54) is 0 Å². The second-order valence-corrected chi connectivity index (χ2v) is 7.20. The minimum absolute atomic E-state index is 0.136. The quantitative estimate of drug-likeness (QED) is 0.435. The van der Waals surface area contributed by atoms with Crippen LogP contribution in [-0.2, 0) is 14.3 Å². The number of carbonyl (C=O) groups excluding carboxylic acids is 2. The number of amides is 1. The fourth-order valence-electron chi connectivity index (χ4n) is 2.78. The highest BCUT2D eigenvalue weighted by molar-refractivity contribution is 7.98. The maximum atomic E-state index is 12.9. The zero-order valence-corrected chi connectivity index (χ0v) is 16.3. The van der Waals surface area contributed by atoms with E-state index in [9.17, 15) is 9.59 Å². The predicted molar refractivity (Wildman–Crippen MR) is 102 cm³/mol. The summed E-state index contributed by atoms with van der Waals surface area (Å²) in [7, 11) is 0. The van der Waals surface area contributed by atoms with E-state index in [0.29, 0.717) is 29.3 Å². The molecule has 0 unspecified atom stereocenters. The fraction of sp³-hybridized carbons (Fsp3) is 0.400. The van der Waals surface area contributed by atoms with Crippen molar-refractivity contribution >= 4 is 29.7 Å². The SMILES string of the molecule is CCOC(=O)C1=C(C)N(CC(C)C)C(=O)C1=Cc1ccc(SC)cc1. The molecular weight excluding hydrogens is 334 g/mol. The highest BCUT2D eigenvalue weighted by Gasteiger charge is 2.37. The molecule has 0 bridgehead atoms. The zero-order chi connectivity index (χ0) is 18.6. The first-order chi connectivity index (χ1) is 11.9. The first-order valence-corrected chi connectivity index (χ1v) is 9.67. The van der Waals surface area contributed by atoms with Gasteiger partial charge in [-0.2, -0.15) is 0 Å². The summed E-state index contributed by atoms with van der Waals surface area (Å²) < 4.78 is 5.18. The molecule has 0 spiro atoms. The summed E-state index contributed by atoms with van der Waals surface area (Å²) >= 11 is 1.66. The monoisotopic (exact) mass is 359 g/mol. The number of ether oxygens (including phenoxy) is 1. The van der Waals surface area contributed by atoms with Gasteiger partial charge in [0.05, 0.1) is 17.8 Å². The van der Waals surface area contributed by atoms with E-state index in [0.717, 1.165) is 10.5 Å². The number of hydrogen-bond acceptors (Lipinski definition) is 4. The van der Waals surface area contributed by atoms with Crippen LogP contribution < -0.4 is 0 Å².